The summed E-state index contributed by atoms with van der Waals surface area (Å²) in [5.41, 5.74) is 0.498. The van der Waals surface area contributed by atoms with Crippen molar-refractivity contribution in [2.45, 2.75) is 39.5 Å². The van der Waals surface area contributed by atoms with Crippen molar-refractivity contribution in [1.29, 1.82) is 0 Å². The monoisotopic (exact) mass is 310 g/mol. The van der Waals surface area contributed by atoms with Gasteiger partial charge in [-0.25, -0.2) is 0 Å². The van der Waals surface area contributed by atoms with Crippen molar-refractivity contribution in [3.05, 3.63) is 12.2 Å². The van der Waals surface area contributed by atoms with Gasteiger partial charge in [-0.15, -0.1) is 0 Å². The molecule has 0 spiro atoms. The number of nitrogens with zero attached hydrogens (tertiary/aromatic N) is 1. The lowest BCUT2D eigenvalue weighted by molar-refractivity contribution is -0.117. The number of hydrogen-bond donors (Lipinski definition) is 1. The third-order valence-corrected chi connectivity index (χ3v) is 3.62. The number of unbranched alkanes of at least 4 members (excludes halogenated alkanes) is 1. The number of nitrogens with one attached hydrogen (secondary N) is 1. The smallest absolute Gasteiger partial charge is 0.246 e. The van der Waals surface area contributed by atoms with Crippen LogP contribution in [0.4, 0.5) is 0 Å². The molecule has 2 unspecified atom stereocenters. The van der Waals surface area contributed by atoms with Crippen LogP contribution in [-0.4, -0.2) is 50.1 Å². The molecule has 0 saturated carbocycles. The van der Waals surface area contributed by atoms with E-state index in [4.69, 9.17) is 0 Å². The maximum Gasteiger partial charge on any atom is 0.246 e. The highest BCUT2D eigenvalue weighted by Gasteiger charge is 2.11. The molecule has 0 radical (unpaired) electrons. The van der Waals surface area contributed by atoms with Crippen LogP contribution in [0.3, 0.4) is 0 Å². The number of carbonyl (C=O) groups excluding carboxylic acids is 3. The molecule has 5 nitrogen and oxygen atoms in total. The summed E-state index contributed by atoms with van der Waals surface area (Å²) in [5, 5.41) is 2.77. The molecule has 0 aromatic carbocycles. The minimum atomic E-state index is -0.135. The van der Waals surface area contributed by atoms with Gasteiger partial charge in [-0.1, -0.05) is 26.3 Å². The fraction of sp³-hybridized carbons (Fsp3) is 0.706. The van der Waals surface area contributed by atoms with Crippen LogP contribution < -0.4 is 5.32 Å². The summed E-state index contributed by atoms with van der Waals surface area (Å²) < 4.78 is 0. The first-order chi connectivity index (χ1) is 10.4. The van der Waals surface area contributed by atoms with E-state index in [1.807, 2.05) is 18.9 Å². The Kier molecular flexibility index (Phi) is 11.3. The van der Waals surface area contributed by atoms with Crippen LogP contribution in [0, 0.1) is 11.8 Å². The summed E-state index contributed by atoms with van der Waals surface area (Å²) in [7, 11) is 1.94. The number of likely N-dealkylation sites (N-methyl/N-ethyl adjacent to an activating group) is 1. The normalized spacial score (nSPS) is 13.5. The standard InChI is InChI=1S/C17H30N2O3/c1-14(2)17(22)18-9-10-19(4)11-16(13-21)8-6-5-7-15(3)12-20/h12-13,15-16H,1,5-11H2,2-4H3,(H,18,22). The SMILES string of the molecule is C=C(C)C(=O)NCCN(C)CC(C=O)CCCCC(C)C=O. The maximum atomic E-state index is 11.3. The summed E-state index contributed by atoms with van der Waals surface area (Å²) in [6.07, 6.45) is 5.65. The predicted molar refractivity (Wildman–Crippen MR) is 88.6 cm³/mol. The summed E-state index contributed by atoms with van der Waals surface area (Å²) >= 11 is 0. The van der Waals surface area contributed by atoms with Gasteiger partial charge in [-0.2, -0.15) is 0 Å². The molecular formula is C17H30N2O3. The topological polar surface area (TPSA) is 66.5 Å². The van der Waals surface area contributed by atoms with Crippen LogP contribution >= 0.6 is 0 Å². The van der Waals surface area contributed by atoms with E-state index in [1.54, 1.807) is 6.92 Å². The van der Waals surface area contributed by atoms with Gasteiger partial charge < -0.3 is 19.8 Å². The second-order valence-electron chi connectivity index (χ2n) is 6.09. The van der Waals surface area contributed by atoms with Crippen LogP contribution in [0.2, 0.25) is 0 Å². The van der Waals surface area contributed by atoms with Crippen LogP contribution in [0.1, 0.15) is 39.5 Å². The zero-order valence-electron chi connectivity index (χ0n) is 14.1. The van der Waals surface area contributed by atoms with Crippen molar-refractivity contribution in [3.8, 4) is 0 Å². The summed E-state index contributed by atoms with van der Waals surface area (Å²) in [6, 6.07) is 0. The van der Waals surface area contributed by atoms with Crippen LogP contribution in [0.25, 0.3) is 0 Å². The molecule has 0 aliphatic rings. The number of hydrogen-bond acceptors (Lipinski definition) is 4. The molecule has 0 saturated heterocycles. The van der Waals surface area contributed by atoms with E-state index in [-0.39, 0.29) is 17.7 Å². The molecule has 22 heavy (non-hydrogen) atoms. The molecule has 5 heteroatoms. The molecule has 0 fully saturated rings. The van der Waals surface area contributed by atoms with E-state index in [1.165, 1.54) is 0 Å². The van der Waals surface area contributed by atoms with Crippen LogP contribution in [-0.2, 0) is 14.4 Å². The quantitative estimate of drug-likeness (QED) is 0.320. The van der Waals surface area contributed by atoms with Crippen molar-refractivity contribution < 1.29 is 14.4 Å². The molecule has 0 heterocycles. The van der Waals surface area contributed by atoms with Gasteiger partial charge in [0.05, 0.1) is 0 Å². The Bertz CT molecular complexity index is 369. The third kappa shape index (κ3) is 10.3. The minimum absolute atomic E-state index is 0.00776. The van der Waals surface area contributed by atoms with E-state index in [0.717, 1.165) is 38.3 Å². The van der Waals surface area contributed by atoms with Gasteiger partial charge in [0.1, 0.15) is 12.6 Å². The molecule has 0 rings (SSSR count). The first kappa shape index (κ1) is 20.5. The van der Waals surface area contributed by atoms with E-state index < -0.39 is 0 Å². The molecule has 1 N–H and O–H groups in total. The predicted octanol–water partition coefficient (Wildman–Crippen LogP) is 1.82. The molecule has 0 aliphatic heterocycles. The highest BCUT2D eigenvalue weighted by Crippen LogP contribution is 2.12. The first-order valence-electron chi connectivity index (χ1n) is 7.93. The Hall–Kier alpha value is -1.49. The van der Waals surface area contributed by atoms with Crippen molar-refractivity contribution in [2.75, 3.05) is 26.7 Å². The lowest BCUT2D eigenvalue weighted by Gasteiger charge is -2.20. The summed E-state index contributed by atoms with van der Waals surface area (Å²) in [4.78, 5) is 35.1. The second kappa shape index (κ2) is 12.1. The van der Waals surface area contributed by atoms with Crippen LogP contribution in [0.15, 0.2) is 12.2 Å². The lowest BCUT2D eigenvalue weighted by Crippen LogP contribution is -2.35. The van der Waals surface area contributed by atoms with Gasteiger partial charge in [0.2, 0.25) is 5.91 Å². The van der Waals surface area contributed by atoms with E-state index in [2.05, 4.69) is 11.9 Å². The lowest BCUT2D eigenvalue weighted by atomic mass is 9.99. The molecular weight excluding hydrogens is 280 g/mol. The average molecular weight is 310 g/mol. The number of carbonyl (C=O) groups is 3. The average Bonchev–Trinajstić information content (AvgIpc) is 2.49. The van der Waals surface area contributed by atoms with Gasteiger partial charge in [-0.05, 0) is 26.8 Å². The number of amides is 1. The molecule has 0 aliphatic carbocycles. The van der Waals surface area contributed by atoms with Gasteiger partial charge in [0.25, 0.3) is 0 Å². The minimum Gasteiger partial charge on any atom is -0.351 e. The molecule has 2 atom stereocenters. The highest BCUT2D eigenvalue weighted by molar-refractivity contribution is 5.92. The largest absolute Gasteiger partial charge is 0.351 e. The van der Waals surface area contributed by atoms with Gasteiger partial charge >= 0.3 is 0 Å². The zero-order chi connectivity index (χ0) is 17.0. The molecule has 0 aromatic rings. The fourth-order valence-corrected chi connectivity index (χ4v) is 2.15. The highest BCUT2D eigenvalue weighted by atomic mass is 16.1. The summed E-state index contributed by atoms with van der Waals surface area (Å²) in [6.45, 7) is 9.10. The Balaban J connectivity index is 3.86. The van der Waals surface area contributed by atoms with Crippen molar-refractivity contribution in [3.63, 3.8) is 0 Å². The Morgan fingerprint density at radius 3 is 2.41 bits per heavy atom. The second-order valence-corrected chi connectivity index (χ2v) is 6.09. The zero-order valence-corrected chi connectivity index (χ0v) is 14.1. The fourth-order valence-electron chi connectivity index (χ4n) is 2.15. The van der Waals surface area contributed by atoms with Gasteiger partial charge in [0, 0.05) is 37.0 Å². The van der Waals surface area contributed by atoms with E-state index in [0.29, 0.717) is 25.2 Å². The van der Waals surface area contributed by atoms with E-state index >= 15 is 0 Å². The van der Waals surface area contributed by atoms with Gasteiger partial charge in [0.15, 0.2) is 0 Å². The van der Waals surface area contributed by atoms with E-state index in [9.17, 15) is 14.4 Å². The molecule has 126 valence electrons. The Labute approximate surface area is 134 Å². The van der Waals surface area contributed by atoms with Crippen molar-refractivity contribution in [1.82, 2.24) is 10.2 Å². The number of aldehydes is 2. The van der Waals surface area contributed by atoms with Crippen LogP contribution in [0.5, 0.6) is 0 Å². The van der Waals surface area contributed by atoms with Crippen molar-refractivity contribution in [2.24, 2.45) is 11.8 Å². The molecule has 0 aromatic heterocycles. The Morgan fingerprint density at radius 2 is 1.86 bits per heavy atom. The van der Waals surface area contributed by atoms with Gasteiger partial charge in [-0.3, -0.25) is 4.79 Å². The maximum absolute atomic E-state index is 11.3. The number of rotatable bonds is 13. The first-order valence-corrected chi connectivity index (χ1v) is 7.93. The van der Waals surface area contributed by atoms with Crippen molar-refractivity contribution >= 4 is 18.5 Å². The third-order valence-electron chi connectivity index (χ3n) is 3.62. The summed E-state index contributed by atoms with van der Waals surface area (Å²) in [5.74, 6) is -0.0210. The Morgan fingerprint density at radius 1 is 1.23 bits per heavy atom. The molecule has 1 amide bonds. The molecule has 0 bridgehead atoms.